The van der Waals surface area contributed by atoms with E-state index in [1.54, 1.807) is 0 Å². The summed E-state index contributed by atoms with van der Waals surface area (Å²) in [6, 6.07) is 15.7. The Morgan fingerprint density at radius 3 is 2.67 bits per heavy atom. The number of nitrogens with two attached hydrogens (primary N) is 1. The van der Waals surface area contributed by atoms with Crippen LogP contribution >= 0.6 is 11.6 Å². The Hall–Kier alpha value is -1.77. The maximum absolute atomic E-state index is 6.05. The van der Waals surface area contributed by atoms with Crippen LogP contribution in [0.3, 0.4) is 0 Å². The smallest absolute Gasteiger partial charge is 0.135 e. The Balaban J connectivity index is 2.13. The molecule has 0 radical (unpaired) electrons. The highest BCUT2D eigenvalue weighted by Gasteiger charge is 2.07. The minimum absolute atomic E-state index is 0.424. The molecule has 1 aromatic heterocycles. The third kappa shape index (κ3) is 1.90. The van der Waals surface area contributed by atoms with Crippen LogP contribution in [0.25, 0.3) is 22.3 Å². The van der Waals surface area contributed by atoms with Crippen LogP contribution in [0, 0.1) is 0 Å². The van der Waals surface area contributed by atoms with Gasteiger partial charge in [-0.2, -0.15) is 0 Å². The van der Waals surface area contributed by atoms with E-state index >= 15 is 0 Å². The molecule has 0 spiro atoms. The average Bonchev–Trinajstić information content (AvgIpc) is 2.83. The van der Waals surface area contributed by atoms with Gasteiger partial charge in [-0.1, -0.05) is 29.8 Å². The van der Waals surface area contributed by atoms with E-state index < -0.39 is 0 Å². The van der Waals surface area contributed by atoms with Crippen molar-refractivity contribution in [2.45, 2.75) is 6.54 Å². The van der Waals surface area contributed by atoms with Crippen molar-refractivity contribution in [2.24, 2.45) is 5.73 Å². The zero-order chi connectivity index (χ0) is 12.5. The van der Waals surface area contributed by atoms with Crippen LogP contribution in [-0.2, 0) is 6.54 Å². The van der Waals surface area contributed by atoms with Crippen LogP contribution in [0.4, 0.5) is 0 Å². The number of furan rings is 1. The lowest BCUT2D eigenvalue weighted by molar-refractivity contribution is 0.631. The van der Waals surface area contributed by atoms with Gasteiger partial charge in [-0.25, -0.2) is 0 Å². The average molecular weight is 258 g/mol. The molecule has 2 N–H and O–H groups in total. The summed E-state index contributed by atoms with van der Waals surface area (Å²) >= 11 is 6.05. The van der Waals surface area contributed by atoms with E-state index in [1.165, 1.54) is 0 Å². The maximum Gasteiger partial charge on any atom is 0.135 e. The minimum Gasteiger partial charge on any atom is -0.456 e. The molecule has 3 rings (SSSR count). The Bertz CT molecular complexity index is 670. The first kappa shape index (κ1) is 11.3. The molecule has 0 unspecified atom stereocenters. The number of para-hydroxylation sites is 1. The second-order valence-corrected chi connectivity index (χ2v) is 4.57. The lowest BCUT2D eigenvalue weighted by Crippen LogP contribution is -1.97. The van der Waals surface area contributed by atoms with E-state index in [1.807, 2.05) is 48.5 Å². The molecular weight excluding hydrogens is 246 g/mol. The molecule has 0 saturated carbocycles. The highest BCUT2D eigenvalue weighted by molar-refractivity contribution is 6.31. The standard InChI is InChI=1S/C15H12ClNO/c16-13-6-5-11(7-12(13)9-17)15-8-10-3-1-2-4-14(10)18-15/h1-8H,9,17H2. The molecule has 3 heteroatoms. The number of fused-ring (bicyclic) bond motifs is 1. The second-order valence-electron chi connectivity index (χ2n) is 4.16. The van der Waals surface area contributed by atoms with E-state index in [0.717, 1.165) is 27.9 Å². The molecule has 0 fully saturated rings. The fourth-order valence-electron chi connectivity index (χ4n) is 2.01. The van der Waals surface area contributed by atoms with Crippen LogP contribution in [0.15, 0.2) is 52.9 Å². The van der Waals surface area contributed by atoms with Crippen LogP contribution in [0.5, 0.6) is 0 Å². The van der Waals surface area contributed by atoms with Gasteiger partial charge in [-0.15, -0.1) is 0 Å². The first-order valence-electron chi connectivity index (χ1n) is 5.75. The summed E-state index contributed by atoms with van der Waals surface area (Å²) in [6.45, 7) is 0.424. The number of rotatable bonds is 2. The predicted octanol–water partition coefficient (Wildman–Crippen LogP) is 4.21. The highest BCUT2D eigenvalue weighted by atomic mass is 35.5. The molecule has 2 aromatic carbocycles. The minimum atomic E-state index is 0.424. The molecule has 0 atom stereocenters. The van der Waals surface area contributed by atoms with Crippen LogP contribution < -0.4 is 5.73 Å². The van der Waals surface area contributed by atoms with Gasteiger partial charge in [0.05, 0.1) is 0 Å². The van der Waals surface area contributed by atoms with Crippen LogP contribution in [0.2, 0.25) is 5.02 Å². The zero-order valence-electron chi connectivity index (χ0n) is 9.69. The van der Waals surface area contributed by atoms with Gasteiger partial charge >= 0.3 is 0 Å². The van der Waals surface area contributed by atoms with Gasteiger partial charge in [0, 0.05) is 22.5 Å². The molecule has 90 valence electrons. The van der Waals surface area contributed by atoms with E-state index in [2.05, 4.69) is 0 Å². The SMILES string of the molecule is NCc1cc(-c2cc3ccccc3o2)ccc1Cl. The lowest BCUT2D eigenvalue weighted by Gasteiger charge is -2.03. The Labute approximate surface area is 110 Å². The van der Waals surface area contributed by atoms with Crippen molar-refractivity contribution in [3.63, 3.8) is 0 Å². The molecule has 0 aliphatic rings. The number of halogens is 1. The molecular formula is C15H12ClNO. The third-order valence-electron chi connectivity index (χ3n) is 2.98. The topological polar surface area (TPSA) is 39.2 Å². The first-order chi connectivity index (χ1) is 8.78. The zero-order valence-corrected chi connectivity index (χ0v) is 10.4. The van der Waals surface area contributed by atoms with E-state index in [9.17, 15) is 0 Å². The monoisotopic (exact) mass is 257 g/mol. The molecule has 1 heterocycles. The Kier molecular flexibility index (Phi) is 2.82. The molecule has 0 aliphatic carbocycles. The Morgan fingerprint density at radius 1 is 1.06 bits per heavy atom. The summed E-state index contributed by atoms with van der Waals surface area (Å²) < 4.78 is 5.81. The third-order valence-corrected chi connectivity index (χ3v) is 3.34. The lowest BCUT2D eigenvalue weighted by atomic mass is 10.1. The first-order valence-corrected chi connectivity index (χ1v) is 6.13. The molecule has 3 aromatic rings. The van der Waals surface area contributed by atoms with Gasteiger partial charge in [-0.3, -0.25) is 0 Å². The maximum atomic E-state index is 6.05. The van der Waals surface area contributed by atoms with Crippen molar-refractivity contribution in [3.8, 4) is 11.3 Å². The molecule has 0 amide bonds. The summed E-state index contributed by atoms with van der Waals surface area (Å²) in [4.78, 5) is 0. The highest BCUT2D eigenvalue weighted by Crippen LogP contribution is 2.30. The number of benzene rings is 2. The number of hydrogen-bond acceptors (Lipinski definition) is 2. The van der Waals surface area contributed by atoms with Crippen molar-refractivity contribution in [3.05, 3.63) is 59.1 Å². The van der Waals surface area contributed by atoms with E-state index in [-0.39, 0.29) is 0 Å². The molecule has 0 saturated heterocycles. The fraction of sp³-hybridized carbons (Fsp3) is 0.0667. The quantitative estimate of drug-likeness (QED) is 0.747. The molecule has 0 bridgehead atoms. The van der Waals surface area contributed by atoms with Crippen molar-refractivity contribution in [1.82, 2.24) is 0 Å². The molecule has 0 aliphatic heterocycles. The van der Waals surface area contributed by atoms with Crippen molar-refractivity contribution >= 4 is 22.6 Å². The Morgan fingerprint density at radius 2 is 1.89 bits per heavy atom. The van der Waals surface area contributed by atoms with Gasteiger partial charge in [0.25, 0.3) is 0 Å². The second kappa shape index (κ2) is 4.48. The van der Waals surface area contributed by atoms with Gasteiger partial charge in [0.1, 0.15) is 11.3 Å². The van der Waals surface area contributed by atoms with Gasteiger partial charge in [0.15, 0.2) is 0 Å². The summed E-state index contributed by atoms with van der Waals surface area (Å²) in [7, 11) is 0. The van der Waals surface area contributed by atoms with Crippen LogP contribution in [0.1, 0.15) is 5.56 Å². The summed E-state index contributed by atoms with van der Waals surface area (Å²) in [6.07, 6.45) is 0. The predicted molar refractivity (Wildman–Crippen MR) is 74.6 cm³/mol. The van der Waals surface area contributed by atoms with Crippen molar-refractivity contribution in [1.29, 1.82) is 0 Å². The number of hydrogen-bond donors (Lipinski definition) is 1. The van der Waals surface area contributed by atoms with E-state index in [0.29, 0.717) is 11.6 Å². The van der Waals surface area contributed by atoms with E-state index in [4.69, 9.17) is 21.8 Å². The molecule has 18 heavy (non-hydrogen) atoms. The summed E-state index contributed by atoms with van der Waals surface area (Å²) in [5.41, 5.74) is 8.47. The summed E-state index contributed by atoms with van der Waals surface area (Å²) in [5.74, 6) is 0.836. The molecule has 2 nitrogen and oxygen atoms in total. The van der Waals surface area contributed by atoms with Gasteiger partial charge < -0.3 is 10.2 Å². The van der Waals surface area contributed by atoms with Crippen LogP contribution in [-0.4, -0.2) is 0 Å². The largest absolute Gasteiger partial charge is 0.456 e. The van der Waals surface area contributed by atoms with Gasteiger partial charge in [-0.05, 0) is 35.9 Å². The summed E-state index contributed by atoms with van der Waals surface area (Å²) in [5, 5.41) is 1.79. The van der Waals surface area contributed by atoms with Crippen molar-refractivity contribution < 1.29 is 4.42 Å². The van der Waals surface area contributed by atoms with Crippen molar-refractivity contribution in [2.75, 3.05) is 0 Å². The fourth-order valence-corrected chi connectivity index (χ4v) is 2.20. The van der Waals surface area contributed by atoms with Gasteiger partial charge in [0.2, 0.25) is 0 Å². The normalized spacial score (nSPS) is 11.0.